The molecule has 0 spiro atoms. The average Bonchev–Trinajstić information content (AvgIpc) is 2.70. The molecule has 1 unspecified atom stereocenters. The van der Waals surface area contributed by atoms with Crippen LogP contribution in [0.25, 0.3) is 11.0 Å². The Morgan fingerprint density at radius 2 is 2.05 bits per heavy atom. The molecule has 19 heavy (non-hydrogen) atoms. The number of rotatable bonds is 4. The number of aromatic nitrogens is 2. The predicted molar refractivity (Wildman–Crippen MR) is 83.2 cm³/mol. The number of fused-ring (bicyclic) bond motifs is 1. The molecular weight excluding hydrogens is 279 g/mol. The standard InChI is InChI=1S/C15H20Cl2N2/c1-5-9-15(3,4)19-13-11(17)7-6-8-12(13)18-14(19)10(2)16/h6-8,10H,5,9H2,1-4H3. The van der Waals surface area contributed by atoms with Gasteiger partial charge >= 0.3 is 0 Å². The molecule has 0 aliphatic rings. The zero-order chi connectivity index (χ0) is 14.2. The van der Waals surface area contributed by atoms with Gasteiger partial charge in [0.2, 0.25) is 0 Å². The molecule has 104 valence electrons. The van der Waals surface area contributed by atoms with E-state index < -0.39 is 0 Å². The molecule has 4 heteroatoms. The largest absolute Gasteiger partial charge is 0.320 e. The van der Waals surface area contributed by atoms with Gasteiger partial charge in [-0.2, -0.15) is 0 Å². The van der Waals surface area contributed by atoms with Gasteiger partial charge in [-0.3, -0.25) is 0 Å². The lowest BCUT2D eigenvalue weighted by Crippen LogP contribution is -2.28. The fourth-order valence-electron chi connectivity index (χ4n) is 2.71. The maximum atomic E-state index is 6.38. The second-order valence-electron chi connectivity index (χ2n) is 5.59. The molecule has 0 bridgehead atoms. The zero-order valence-electron chi connectivity index (χ0n) is 11.9. The molecule has 0 saturated carbocycles. The van der Waals surface area contributed by atoms with Crippen LogP contribution < -0.4 is 0 Å². The summed E-state index contributed by atoms with van der Waals surface area (Å²) in [6, 6.07) is 5.83. The highest BCUT2D eigenvalue weighted by Crippen LogP contribution is 2.36. The number of hydrogen-bond donors (Lipinski definition) is 0. The summed E-state index contributed by atoms with van der Waals surface area (Å²) >= 11 is 12.7. The monoisotopic (exact) mass is 298 g/mol. The van der Waals surface area contributed by atoms with E-state index in [9.17, 15) is 0 Å². The fourth-order valence-corrected chi connectivity index (χ4v) is 3.11. The minimum absolute atomic E-state index is 0.0486. The van der Waals surface area contributed by atoms with Crippen molar-refractivity contribution in [3.8, 4) is 0 Å². The van der Waals surface area contributed by atoms with Crippen molar-refractivity contribution in [2.45, 2.75) is 51.5 Å². The van der Waals surface area contributed by atoms with E-state index in [-0.39, 0.29) is 10.9 Å². The van der Waals surface area contributed by atoms with Gasteiger partial charge in [-0.1, -0.05) is 31.0 Å². The van der Waals surface area contributed by atoms with Crippen molar-refractivity contribution >= 4 is 34.2 Å². The Morgan fingerprint density at radius 3 is 2.63 bits per heavy atom. The Balaban J connectivity index is 2.78. The third kappa shape index (κ3) is 2.61. The molecule has 0 fully saturated rings. The average molecular weight is 299 g/mol. The lowest BCUT2D eigenvalue weighted by atomic mass is 9.97. The summed E-state index contributed by atoms with van der Waals surface area (Å²) in [5, 5.41) is 0.595. The molecule has 0 amide bonds. The molecule has 0 aliphatic carbocycles. The Labute approximate surface area is 124 Å². The van der Waals surface area contributed by atoms with Gasteiger partial charge in [0.05, 0.1) is 21.4 Å². The molecule has 2 nitrogen and oxygen atoms in total. The van der Waals surface area contributed by atoms with E-state index in [1.807, 2.05) is 25.1 Å². The molecule has 0 radical (unpaired) electrons. The van der Waals surface area contributed by atoms with Gasteiger partial charge in [-0.15, -0.1) is 11.6 Å². The lowest BCUT2D eigenvalue weighted by molar-refractivity contribution is 0.323. The Kier molecular flexibility index (Phi) is 4.12. The molecule has 0 saturated heterocycles. The van der Waals surface area contributed by atoms with Crippen LogP contribution in [0.15, 0.2) is 18.2 Å². The molecule has 1 aromatic carbocycles. The highest BCUT2D eigenvalue weighted by molar-refractivity contribution is 6.35. The summed E-state index contributed by atoms with van der Waals surface area (Å²) < 4.78 is 2.21. The van der Waals surface area contributed by atoms with Gasteiger partial charge < -0.3 is 4.57 Å². The highest BCUT2D eigenvalue weighted by atomic mass is 35.5. The maximum Gasteiger partial charge on any atom is 0.128 e. The number of nitrogens with zero attached hydrogens (tertiary/aromatic N) is 2. The van der Waals surface area contributed by atoms with E-state index >= 15 is 0 Å². The summed E-state index contributed by atoms with van der Waals surface area (Å²) in [5.41, 5.74) is 1.86. The van der Waals surface area contributed by atoms with Gasteiger partial charge in [0.15, 0.2) is 0 Å². The number of imidazole rings is 1. The van der Waals surface area contributed by atoms with E-state index in [1.54, 1.807) is 0 Å². The first kappa shape index (κ1) is 14.7. The van der Waals surface area contributed by atoms with Crippen LogP contribution in [-0.2, 0) is 5.54 Å². The van der Waals surface area contributed by atoms with Crippen LogP contribution in [0.4, 0.5) is 0 Å². The van der Waals surface area contributed by atoms with Crippen molar-refractivity contribution < 1.29 is 0 Å². The van der Waals surface area contributed by atoms with Crippen LogP contribution >= 0.6 is 23.2 Å². The van der Waals surface area contributed by atoms with Crippen molar-refractivity contribution in [3.63, 3.8) is 0 Å². The third-order valence-electron chi connectivity index (χ3n) is 3.48. The number of alkyl halides is 1. The van der Waals surface area contributed by atoms with E-state index in [0.717, 1.165) is 34.7 Å². The molecular formula is C15H20Cl2N2. The summed E-state index contributed by atoms with van der Waals surface area (Å²) in [4.78, 5) is 4.67. The van der Waals surface area contributed by atoms with Gasteiger partial charge in [0.1, 0.15) is 5.82 Å². The molecule has 0 N–H and O–H groups in total. The van der Waals surface area contributed by atoms with Crippen molar-refractivity contribution in [1.82, 2.24) is 9.55 Å². The molecule has 1 heterocycles. The van der Waals surface area contributed by atoms with Crippen LogP contribution in [0.1, 0.15) is 51.7 Å². The molecule has 1 aromatic heterocycles. The second kappa shape index (κ2) is 5.34. The second-order valence-corrected chi connectivity index (χ2v) is 6.65. The SMILES string of the molecule is CCCC(C)(C)n1c(C(C)Cl)nc2cccc(Cl)c21. The summed E-state index contributed by atoms with van der Waals surface area (Å²) in [7, 11) is 0. The first-order chi connectivity index (χ1) is 8.88. The highest BCUT2D eigenvalue weighted by Gasteiger charge is 2.28. The first-order valence-electron chi connectivity index (χ1n) is 6.70. The van der Waals surface area contributed by atoms with Crippen LogP contribution in [0.3, 0.4) is 0 Å². The molecule has 2 aromatic rings. The van der Waals surface area contributed by atoms with Crippen LogP contribution in [0.5, 0.6) is 0 Å². The quantitative estimate of drug-likeness (QED) is 0.679. The van der Waals surface area contributed by atoms with Gasteiger partial charge in [0, 0.05) is 5.54 Å². The summed E-state index contributed by atoms with van der Waals surface area (Å²) in [6.07, 6.45) is 2.16. The van der Waals surface area contributed by atoms with Crippen LogP contribution in [-0.4, -0.2) is 9.55 Å². The maximum absolute atomic E-state index is 6.38. The van der Waals surface area contributed by atoms with Gasteiger partial charge in [-0.05, 0) is 39.3 Å². The zero-order valence-corrected chi connectivity index (χ0v) is 13.4. The number of para-hydroxylation sites is 1. The Hall–Kier alpha value is -0.730. The molecule has 0 aliphatic heterocycles. The first-order valence-corrected chi connectivity index (χ1v) is 7.51. The summed E-state index contributed by atoms with van der Waals surface area (Å²) in [6.45, 7) is 8.56. The van der Waals surface area contributed by atoms with Crippen molar-refractivity contribution in [1.29, 1.82) is 0 Å². The molecule has 1 atom stereocenters. The number of halogens is 2. The van der Waals surface area contributed by atoms with Crippen molar-refractivity contribution in [3.05, 3.63) is 29.0 Å². The van der Waals surface area contributed by atoms with E-state index in [0.29, 0.717) is 0 Å². The van der Waals surface area contributed by atoms with Gasteiger partial charge in [0.25, 0.3) is 0 Å². The normalized spacial score (nSPS) is 14.0. The van der Waals surface area contributed by atoms with Gasteiger partial charge in [-0.25, -0.2) is 4.98 Å². The van der Waals surface area contributed by atoms with Crippen molar-refractivity contribution in [2.75, 3.05) is 0 Å². The predicted octanol–water partition coefficient (Wildman–Crippen LogP) is 5.52. The van der Waals surface area contributed by atoms with Crippen LogP contribution in [0.2, 0.25) is 5.02 Å². The van der Waals surface area contributed by atoms with Crippen LogP contribution in [0, 0.1) is 0 Å². The fraction of sp³-hybridized carbons (Fsp3) is 0.533. The van der Waals surface area contributed by atoms with E-state index in [1.165, 1.54) is 0 Å². The Morgan fingerprint density at radius 1 is 1.37 bits per heavy atom. The van der Waals surface area contributed by atoms with Crippen molar-refractivity contribution in [2.24, 2.45) is 0 Å². The smallest absolute Gasteiger partial charge is 0.128 e. The third-order valence-corrected chi connectivity index (χ3v) is 3.98. The number of benzene rings is 1. The lowest BCUT2D eigenvalue weighted by Gasteiger charge is -2.30. The molecule has 2 rings (SSSR count). The number of hydrogen-bond acceptors (Lipinski definition) is 1. The topological polar surface area (TPSA) is 17.8 Å². The Bertz CT molecular complexity index is 585. The minimum Gasteiger partial charge on any atom is -0.320 e. The summed E-state index contributed by atoms with van der Waals surface area (Å²) in [5.74, 6) is 0.892. The van der Waals surface area contributed by atoms with E-state index in [4.69, 9.17) is 23.2 Å². The minimum atomic E-state index is -0.139. The van der Waals surface area contributed by atoms with E-state index in [2.05, 4.69) is 30.3 Å².